The van der Waals surface area contributed by atoms with Crippen LogP contribution in [0.5, 0.6) is 0 Å². The highest BCUT2D eigenvalue weighted by atomic mass is 16.5. The molecule has 1 aliphatic carbocycles. The molecule has 0 atom stereocenters. The molecule has 0 bridgehead atoms. The lowest BCUT2D eigenvalue weighted by Crippen LogP contribution is -2.24. The second kappa shape index (κ2) is 8.16. The maximum absolute atomic E-state index is 11.7. The van der Waals surface area contributed by atoms with Gasteiger partial charge in [0.2, 0.25) is 0 Å². The largest absolute Gasteiger partial charge is 0.445 e. The summed E-state index contributed by atoms with van der Waals surface area (Å²) in [7, 11) is 0. The van der Waals surface area contributed by atoms with Crippen LogP contribution in [0.3, 0.4) is 0 Å². The van der Waals surface area contributed by atoms with E-state index in [2.05, 4.69) is 17.2 Å². The van der Waals surface area contributed by atoms with Crippen LogP contribution in [0, 0.1) is 11.8 Å². The molecule has 1 N–H and O–H groups in total. The second-order valence-corrected chi connectivity index (χ2v) is 5.84. The van der Waals surface area contributed by atoms with Crippen LogP contribution < -0.4 is 5.32 Å². The number of alkyl carbamates (subject to hydrolysis) is 1. The molecule has 2 aromatic carbocycles. The van der Waals surface area contributed by atoms with E-state index in [1.807, 2.05) is 48.5 Å². The van der Waals surface area contributed by atoms with Gasteiger partial charge in [0.1, 0.15) is 6.61 Å². The first-order chi connectivity index (χ1) is 12.2. The molecule has 0 aromatic heterocycles. The standard InChI is InChI=1S/C21H19NO3/c23-20-12-11-18-10-9-16(14-19(18)20)6-4-5-13-22-21(24)25-15-17-7-2-1-3-8-17/h1-3,7-10,14H,5,11-13,15H2,(H,22,24). The van der Waals surface area contributed by atoms with E-state index in [1.54, 1.807) is 0 Å². The highest BCUT2D eigenvalue weighted by molar-refractivity contribution is 6.00. The number of ether oxygens (including phenoxy) is 1. The van der Waals surface area contributed by atoms with Crippen LogP contribution in [0.4, 0.5) is 4.79 Å². The molecular formula is C21H19NO3. The van der Waals surface area contributed by atoms with Gasteiger partial charge in [0.15, 0.2) is 5.78 Å². The van der Waals surface area contributed by atoms with Gasteiger partial charge in [-0.3, -0.25) is 4.79 Å². The van der Waals surface area contributed by atoms with Gasteiger partial charge in [-0.1, -0.05) is 48.2 Å². The van der Waals surface area contributed by atoms with Crippen LogP contribution in [0.15, 0.2) is 48.5 Å². The number of carbonyl (C=O) groups excluding carboxylic acids is 2. The first-order valence-electron chi connectivity index (χ1n) is 8.32. The first kappa shape index (κ1) is 16.8. The first-order valence-corrected chi connectivity index (χ1v) is 8.32. The Hall–Kier alpha value is -3.06. The quantitative estimate of drug-likeness (QED) is 0.688. The molecule has 0 spiro atoms. The van der Waals surface area contributed by atoms with Crippen LogP contribution in [-0.4, -0.2) is 18.4 Å². The van der Waals surface area contributed by atoms with Gasteiger partial charge >= 0.3 is 6.09 Å². The normalized spacial score (nSPS) is 12.1. The number of hydrogen-bond acceptors (Lipinski definition) is 3. The van der Waals surface area contributed by atoms with E-state index in [0.29, 0.717) is 19.4 Å². The zero-order valence-electron chi connectivity index (χ0n) is 13.9. The fourth-order valence-electron chi connectivity index (χ4n) is 2.68. The van der Waals surface area contributed by atoms with Gasteiger partial charge < -0.3 is 10.1 Å². The number of hydrogen-bond donors (Lipinski definition) is 1. The number of Topliss-reactive ketones (excluding diaryl/α,β-unsaturated/α-hetero) is 1. The maximum atomic E-state index is 11.7. The molecule has 126 valence electrons. The van der Waals surface area contributed by atoms with Gasteiger partial charge in [0.05, 0.1) is 0 Å². The lowest BCUT2D eigenvalue weighted by atomic mass is 10.1. The Labute approximate surface area is 147 Å². The summed E-state index contributed by atoms with van der Waals surface area (Å²) in [6, 6.07) is 15.3. The fraction of sp³-hybridized carbons (Fsp3) is 0.238. The summed E-state index contributed by atoms with van der Waals surface area (Å²) in [4.78, 5) is 23.3. The van der Waals surface area contributed by atoms with Crippen molar-refractivity contribution < 1.29 is 14.3 Å². The Balaban J connectivity index is 1.40. The molecule has 0 aliphatic heterocycles. The average molecular weight is 333 g/mol. The molecule has 0 unspecified atom stereocenters. The minimum atomic E-state index is -0.450. The molecule has 0 radical (unpaired) electrons. The molecule has 2 aromatic rings. The third-order valence-electron chi connectivity index (χ3n) is 4.00. The summed E-state index contributed by atoms with van der Waals surface area (Å²) in [5.41, 5.74) is 3.69. The summed E-state index contributed by atoms with van der Waals surface area (Å²) in [6.45, 7) is 0.673. The zero-order valence-corrected chi connectivity index (χ0v) is 13.9. The van der Waals surface area contributed by atoms with Crippen molar-refractivity contribution in [2.75, 3.05) is 6.54 Å². The molecule has 4 heteroatoms. The van der Waals surface area contributed by atoms with Crippen LogP contribution in [0.1, 0.15) is 39.9 Å². The number of fused-ring (bicyclic) bond motifs is 1. The van der Waals surface area contributed by atoms with Crippen LogP contribution in [0.2, 0.25) is 0 Å². The Bertz CT molecular complexity index is 831. The Morgan fingerprint density at radius 2 is 1.96 bits per heavy atom. The summed E-state index contributed by atoms with van der Waals surface area (Å²) >= 11 is 0. The summed E-state index contributed by atoms with van der Waals surface area (Å²) in [5, 5.41) is 2.67. The van der Waals surface area contributed by atoms with Gasteiger partial charge in [0, 0.05) is 30.5 Å². The SMILES string of the molecule is O=C(NCCC#Cc1ccc2c(c1)C(=O)CC2)OCc1ccccc1. The molecular weight excluding hydrogens is 314 g/mol. The van der Waals surface area contributed by atoms with E-state index in [9.17, 15) is 9.59 Å². The highest BCUT2D eigenvalue weighted by Gasteiger charge is 2.18. The molecule has 0 saturated heterocycles. The summed E-state index contributed by atoms with van der Waals surface area (Å²) in [5.74, 6) is 6.23. The van der Waals surface area contributed by atoms with Gasteiger partial charge in [-0.25, -0.2) is 4.79 Å². The predicted octanol–water partition coefficient (Wildman–Crippen LogP) is 3.48. The molecule has 25 heavy (non-hydrogen) atoms. The number of rotatable bonds is 4. The summed E-state index contributed by atoms with van der Waals surface area (Å²) < 4.78 is 5.12. The minimum absolute atomic E-state index is 0.196. The van der Waals surface area contributed by atoms with Crippen molar-refractivity contribution >= 4 is 11.9 Å². The van der Waals surface area contributed by atoms with E-state index in [-0.39, 0.29) is 12.4 Å². The van der Waals surface area contributed by atoms with Crippen LogP contribution in [-0.2, 0) is 17.8 Å². The highest BCUT2D eigenvalue weighted by Crippen LogP contribution is 2.22. The zero-order chi connectivity index (χ0) is 17.5. The molecule has 1 aliphatic rings. The number of nitrogens with one attached hydrogen (secondary N) is 1. The molecule has 0 saturated carbocycles. The molecule has 4 nitrogen and oxygen atoms in total. The Kier molecular flexibility index (Phi) is 5.48. The van der Waals surface area contributed by atoms with Gasteiger partial charge in [0.25, 0.3) is 0 Å². The smallest absolute Gasteiger partial charge is 0.407 e. The van der Waals surface area contributed by atoms with E-state index in [0.717, 1.165) is 28.7 Å². The third kappa shape index (κ3) is 4.71. The number of ketones is 1. The van der Waals surface area contributed by atoms with E-state index in [1.165, 1.54) is 0 Å². The van der Waals surface area contributed by atoms with Crippen LogP contribution >= 0.6 is 0 Å². The van der Waals surface area contributed by atoms with E-state index >= 15 is 0 Å². The van der Waals surface area contributed by atoms with Gasteiger partial charge in [-0.15, -0.1) is 0 Å². The van der Waals surface area contributed by atoms with Crippen molar-refractivity contribution in [2.45, 2.75) is 25.9 Å². The topological polar surface area (TPSA) is 55.4 Å². The lowest BCUT2D eigenvalue weighted by Gasteiger charge is -2.05. The van der Waals surface area contributed by atoms with Crippen molar-refractivity contribution in [3.63, 3.8) is 0 Å². The minimum Gasteiger partial charge on any atom is -0.445 e. The number of carbonyl (C=O) groups is 2. The summed E-state index contributed by atoms with van der Waals surface area (Å²) in [6.07, 6.45) is 1.50. The Morgan fingerprint density at radius 1 is 1.12 bits per heavy atom. The number of benzene rings is 2. The van der Waals surface area contributed by atoms with Gasteiger partial charge in [-0.05, 0) is 29.7 Å². The molecule has 3 rings (SSSR count). The third-order valence-corrected chi connectivity index (χ3v) is 4.00. The lowest BCUT2D eigenvalue weighted by molar-refractivity contribution is 0.0994. The van der Waals surface area contributed by atoms with Crippen molar-refractivity contribution in [1.29, 1.82) is 0 Å². The van der Waals surface area contributed by atoms with Crippen molar-refractivity contribution in [3.8, 4) is 11.8 Å². The molecule has 0 fully saturated rings. The monoisotopic (exact) mass is 333 g/mol. The average Bonchev–Trinajstić information content (AvgIpc) is 3.01. The molecule has 1 amide bonds. The van der Waals surface area contributed by atoms with Crippen molar-refractivity contribution in [3.05, 3.63) is 70.8 Å². The van der Waals surface area contributed by atoms with E-state index in [4.69, 9.17) is 4.74 Å². The van der Waals surface area contributed by atoms with Crippen molar-refractivity contribution in [2.24, 2.45) is 0 Å². The van der Waals surface area contributed by atoms with Crippen LogP contribution in [0.25, 0.3) is 0 Å². The van der Waals surface area contributed by atoms with Gasteiger partial charge in [-0.2, -0.15) is 0 Å². The number of aryl methyl sites for hydroxylation is 1. The Morgan fingerprint density at radius 3 is 2.80 bits per heavy atom. The fourth-order valence-corrected chi connectivity index (χ4v) is 2.68. The van der Waals surface area contributed by atoms with E-state index < -0.39 is 6.09 Å². The second-order valence-electron chi connectivity index (χ2n) is 5.84. The maximum Gasteiger partial charge on any atom is 0.407 e. The molecule has 0 heterocycles. The van der Waals surface area contributed by atoms with Crippen molar-refractivity contribution in [1.82, 2.24) is 5.32 Å². The number of amides is 1. The predicted molar refractivity (Wildman–Crippen MR) is 95.2 cm³/mol.